The van der Waals surface area contributed by atoms with Gasteiger partial charge in [-0.1, -0.05) is 66.5 Å². The van der Waals surface area contributed by atoms with Crippen molar-refractivity contribution in [3.05, 3.63) is 113 Å². The zero-order valence-corrected chi connectivity index (χ0v) is 39.9. The molecule has 370 valence electrons. The lowest BCUT2D eigenvalue weighted by Crippen LogP contribution is -2.70. The zero-order chi connectivity index (χ0) is 47.7. The summed E-state index contributed by atoms with van der Waals surface area (Å²) in [6, 6.07) is 20.9. The minimum absolute atomic E-state index is 0.0113. The fourth-order valence-corrected chi connectivity index (χ4v) is 10.3. The summed E-state index contributed by atoms with van der Waals surface area (Å²) in [5, 5.41) is 34.7. The van der Waals surface area contributed by atoms with Gasteiger partial charge in [0.2, 0.25) is 12.1 Å². The molecular formula is C54H72N2O12. The first-order valence-corrected chi connectivity index (χ1v) is 24.6. The van der Waals surface area contributed by atoms with E-state index in [2.05, 4.69) is 38.6 Å². The van der Waals surface area contributed by atoms with Gasteiger partial charge in [0, 0.05) is 44.1 Å². The van der Waals surface area contributed by atoms with Gasteiger partial charge in [-0.2, -0.15) is 0 Å². The van der Waals surface area contributed by atoms with Crippen LogP contribution >= 0.6 is 0 Å². The molecule has 2 heterocycles. The lowest BCUT2D eigenvalue weighted by molar-refractivity contribution is -0.256. The third kappa shape index (κ3) is 12.7. The molecule has 2 aliphatic heterocycles. The van der Waals surface area contributed by atoms with E-state index in [9.17, 15) is 20.1 Å². The Morgan fingerprint density at radius 2 is 1.68 bits per heavy atom. The Balaban J connectivity index is 1.36. The minimum Gasteiger partial charge on any atom is -0.459 e. The van der Waals surface area contributed by atoms with Crippen molar-refractivity contribution >= 4 is 11.8 Å². The van der Waals surface area contributed by atoms with Crippen LogP contribution in [0.15, 0.2) is 96.2 Å². The van der Waals surface area contributed by atoms with Crippen LogP contribution in [-0.4, -0.2) is 116 Å². The van der Waals surface area contributed by atoms with E-state index in [0.29, 0.717) is 49.7 Å². The van der Waals surface area contributed by atoms with Gasteiger partial charge in [-0.3, -0.25) is 4.90 Å². The number of benzene rings is 3. The van der Waals surface area contributed by atoms with Gasteiger partial charge in [0.25, 0.3) is 0 Å². The average molecular weight is 941 g/mol. The lowest BCUT2D eigenvalue weighted by atomic mass is 9.55. The number of amides is 1. The van der Waals surface area contributed by atoms with Crippen LogP contribution in [0.4, 0.5) is 4.79 Å². The third-order valence-electron chi connectivity index (χ3n) is 13.7. The summed E-state index contributed by atoms with van der Waals surface area (Å²) in [4.78, 5) is 22.7. The van der Waals surface area contributed by atoms with Gasteiger partial charge >= 0.3 is 6.09 Å². The molecule has 7 atom stereocenters. The van der Waals surface area contributed by atoms with Gasteiger partial charge in [-0.05, 0) is 117 Å². The number of fused-ring (bicyclic) bond motifs is 2. The number of unbranched alkanes of at least 4 members (excludes halogenated alkanes) is 2. The van der Waals surface area contributed by atoms with Crippen molar-refractivity contribution in [3.8, 4) is 17.2 Å². The quantitative estimate of drug-likeness (QED) is 0.0398. The molecule has 0 aromatic heterocycles. The average Bonchev–Trinajstić information content (AvgIpc) is 3.35. The SMILES string of the molecule is C=CCOC12Oc3ccc(Oc4ccc(C)c(C)c4)cc3C3C(CCCCO)C(CCCCO)C=C(C(=NOC4CCCCO4)CC1N(CCOCCO)C(=O)OCCOCc1ccccc1)C32. The Morgan fingerprint density at radius 1 is 0.882 bits per heavy atom. The second-order valence-electron chi connectivity index (χ2n) is 18.2. The normalized spacial score (nSPS) is 24.5. The highest BCUT2D eigenvalue weighted by Crippen LogP contribution is 2.62. The van der Waals surface area contributed by atoms with Crippen LogP contribution in [0.1, 0.15) is 92.4 Å². The van der Waals surface area contributed by atoms with E-state index >= 15 is 0 Å². The summed E-state index contributed by atoms with van der Waals surface area (Å²) in [5.41, 5.74) is 5.79. The summed E-state index contributed by atoms with van der Waals surface area (Å²) >= 11 is 0. The van der Waals surface area contributed by atoms with Crippen LogP contribution in [0.3, 0.4) is 0 Å². The molecule has 7 rings (SSSR count). The van der Waals surface area contributed by atoms with Gasteiger partial charge < -0.3 is 53.3 Å². The summed E-state index contributed by atoms with van der Waals surface area (Å²) < 4.78 is 44.9. The Labute approximate surface area is 401 Å². The highest BCUT2D eigenvalue weighted by Gasteiger charge is 2.65. The van der Waals surface area contributed by atoms with E-state index in [0.717, 1.165) is 66.5 Å². The van der Waals surface area contributed by atoms with E-state index in [-0.39, 0.29) is 83.6 Å². The number of carbonyl (C=O) groups excluding carboxylic acids is 1. The molecular weight excluding hydrogens is 869 g/mol. The molecule has 4 aliphatic rings. The first-order valence-electron chi connectivity index (χ1n) is 24.6. The van der Waals surface area contributed by atoms with Gasteiger partial charge in [0.15, 0.2) is 0 Å². The molecule has 1 amide bonds. The Morgan fingerprint density at radius 3 is 2.43 bits per heavy atom. The first kappa shape index (κ1) is 51.1. The smallest absolute Gasteiger partial charge is 0.410 e. The molecule has 3 aromatic rings. The topological polar surface area (TPSA) is 167 Å². The van der Waals surface area contributed by atoms with Crippen molar-refractivity contribution in [2.45, 2.75) is 109 Å². The van der Waals surface area contributed by atoms with Gasteiger partial charge in [-0.25, -0.2) is 4.79 Å². The molecule has 68 heavy (non-hydrogen) atoms. The van der Waals surface area contributed by atoms with Crippen molar-refractivity contribution in [1.29, 1.82) is 0 Å². The maximum absolute atomic E-state index is 14.8. The molecule has 7 unspecified atom stereocenters. The highest BCUT2D eigenvalue weighted by molar-refractivity contribution is 6.03. The molecule has 0 spiro atoms. The lowest BCUT2D eigenvalue weighted by Gasteiger charge is -2.59. The maximum Gasteiger partial charge on any atom is 0.410 e. The molecule has 3 aromatic carbocycles. The molecule has 14 nitrogen and oxygen atoms in total. The summed E-state index contributed by atoms with van der Waals surface area (Å²) in [6.45, 7) is 9.63. The van der Waals surface area contributed by atoms with Crippen molar-refractivity contribution < 1.29 is 58.1 Å². The predicted molar refractivity (Wildman–Crippen MR) is 258 cm³/mol. The predicted octanol–water partition coefficient (Wildman–Crippen LogP) is 8.92. The number of rotatable bonds is 26. The number of hydrogen-bond acceptors (Lipinski definition) is 13. The fourth-order valence-electron chi connectivity index (χ4n) is 10.3. The summed E-state index contributed by atoms with van der Waals surface area (Å²) in [7, 11) is 0. The summed E-state index contributed by atoms with van der Waals surface area (Å²) in [5.74, 6) is -0.303. The molecule has 3 N–H and O–H groups in total. The molecule has 14 heteroatoms. The van der Waals surface area contributed by atoms with Crippen LogP contribution in [0.2, 0.25) is 0 Å². The van der Waals surface area contributed by atoms with E-state index in [1.807, 2.05) is 54.6 Å². The van der Waals surface area contributed by atoms with E-state index in [4.69, 9.17) is 43.2 Å². The maximum atomic E-state index is 14.8. The fraction of sp³-hybridized carbons (Fsp3) is 0.556. The monoisotopic (exact) mass is 941 g/mol. The Bertz CT molecular complexity index is 2130. The number of hydrogen-bond donors (Lipinski definition) is 3. The van der Waals surface area contributed by atoms with E-state index in [1.165, 1.54) is 5.56 Å². The molecule has 0 radical (unpaired) electrons. The van der Waals surface area contributed by atoms with Crippen molar-refractivity contribution in [2.75, 3.05) is 66.0 Å². The third-order valence-corrected chi connectivity index (χ3v) is 13.7. The van der Waals surface area contributed by atoms with Crippen LogP contribution in [0.25, 0.3) is 0 Å². The molecule has 2 fully saturated rings. The van der Waals surface area contributed by atoms with E-state index in [1.54, 1.807) is 11.0 Å². The molecule has 0 bridgehead atoms. The minimum atomic E-state index is -1.51. The van der Waals surface area contributed by atoms with Gasteiger partial charge in [0.1, 0.15) is 29.9 Å². The number of carbonyl (C=O) groups is 1. The second-order valence-corrected chi connectivity index (χ2v) is 18.2. The van der Waals surface area contributed by atoms with Crippen LogP contribution in [0, 0.1) is 31.6 Å². The van der Waals surface area contributed by atoms with Crippen molar-refractivity contribution in [1.82, 2.24) is 4.90 Å². The Hall–Kier alpha value is -4.80. The number of aliphatic hydroxyl groups excluding tert-OH is 3. The number of aliphatic hydroxyl groups is 3. The van der Waals surface area contributed by atoms with Crippen LogP contribution < -0.4 is 9.47 Å². The number of ether oxygens (including phenoxy) is 7. The number of nitrogens with zero attached hydrogens (tertiary/aromatic N) is 2. The molecule has 1 saturated heterocycles. The zero-order valence-electron chi connectivity index (χ0n) is 39.9. The standard InChI is InChI=1S/C54H72N2O12/c1-4-27-65-54-49(56(23-29-61-30-26-59)53(60)64-32-31-62-37-40-14-6-5-7-15-40)36-47(55-68-50-18-10-13-28-63-50)45-34-41(16-8-11-24-57)44(17-9-12-25-58)51(52(45)54)46-35-43(21-22-48(46)67-54)66-42-20-19-38(2)39(3)33-42/h4-7,14-15,19-22,33-35,41,44,49-52,57-59H,1,8-13,16-18,23-32,36-37H2,2-3H3. The number of allylic oxidation sites excluding steroid dienone is 1. The molecule has 2 aliphatic carbocycles. The van der Waals surface area contributed by atoms with Crippen LogP contribution in [0.5, 0.6) is 17.2 Å². The first-order chi connectivity index (χ1) is 33.3. The number of aryl methyl sites for hydroxylation is 2. The van der Waals surface area contributed by atoms with Crippen LogP contribution in [-0.2, 0) is 35.1 Å². The highest BCUT2D eigenvalue weighted by atomic mass is 16.8. The van der Waals surface area contributed by atoms with Gasteiger partial charge in [-0.15, -0.1) is 6.58 Å². The second kappa shape index (κ2) is 25.7. The van der Waals surface area contributed by atoms with Gasteiger partial charge in [0.05, 0.1) is 57.9 Å². The van der Waals surface area contributed by atoms with E-state index < -0.39 is 30.1 Å². The summed E-state index contributed by atoms with van der Waals surface area (Å²) in [6.07, 6.45) is 10.1. The Kier molecular flexibility index (Phi) is 19.3. The molecule has 1 saturated carbocycles. The largest absolute Gasteiger partial charge is 0.459 e. The number of oxime groups is 1. The van der Waals surface area contributed by atoms with Crippen molar-refractivity contribution in [3.63, 3.8) is 0 Å². The van der Waals surface area contributed by atoms with Crippen molar-refractivity contribution in [2.24, 2.45) is 22.9 Å².